The minimum atomic E-state index is -0.212. The molecule has 0 radical (unpaired) electrons. The first-order valence-electron chi connectivity index (χ1n) is 7.18. The highest BCUT2D eigenvalue weighted by molar-refractivity contribution is 5.59. The van der Waals surface area contributed by atoms with Crippen LogP contribution in [0.4, 0.5) is 0 Å². The van der Waals surface area contributed by atoms with Crippen LogP contribution in [0.5, 0.6) is 11.5 Å². The second-order valence-electron chi connectivity index (χ2n) is 4.50. The molecule has 0 aliphatic rings. The molecule has 1 unspecified atom stereocenters. The Morgan fingerprint density at radius 1 is 1.14 bits per heavy atom. The zero-order valence-corrected chi connectivity index (χ0v) is 12.6. The lowest BCUT2D eigenvalue weighted by molar-refractivity contribution is 0.288. The molecule has 0 saturated heterocycles. The molecular formula is C15H21N3O3. The average Bonchev–Trinajstić information content (AvgIpc) is 2.98. The van der Waals surface area contributed by atoms with Crippen molar-refractivity contribution in [3.8, 4) is 23.0 Å². The first-order valence-corrected chi connectivity index (χ1v) is 7.18. The molecule has 21 heavy (non-hydrogen) atoms. The third kappa shape index (κ3) is 3.52. The Bertz CT molecular complexity index is 583. The maximum atomic E-state index is 5.90. The number of nitrogens with two attached hydrogens (primary N) is 1. The maximum absolute atomic E-state index is 5.90. The van der Waals surface area contributed by atoms with Gasteiger partial charge in [-0.2, -0.15) is 4.98 Å². The predicted molar refractivity (Wildman–Crippen MR) is 79.3 cm³/mol. The molecule has 0 aliphatic heterocycles. The van der Waals surface area contributed by atoms with Crippen molar-refractivity contribution in [1.29, 1.82) is 0 Å². The van der Waals surface area contributed by atoms with Gasteiger partial charge in [0.2, 0.25) is 0 Å². The van der Waals surface area contributed by atoms with Gasteiger partial charge in [0.25, 0.3) is 5.89 Å². The van der Waals surface area contributed by atoms with E-state index in [1.807, 2.05) is 39.0 Å². The minimum absolute atomic E-state index is 0.212. The lowest BCUT2D eigenvalue weighted by Gasteiger charge is -2.11. The SMILES string of the molecule is CCOc1ccc(-c2nc(C(N)CC)no2)cc1OCC. The molecule has 6 nitrogen and oxygen atoms in total. The van der Waals surface area contributed by atoms with Crippen LogP contribution in [0.3, 0.4) is 0 Å². The van der Waals surface area contributed by atoms with E-state index in [1.54, 1.807) is 0 Å². The molecule has 1 aromatic carbocycles. The van der Waals surface area contributed by atoms with Gasteiger partial charge in [0.15, 0.2) is 17.3 Å². The van der Waals surface area contributed by atoms with Gasteiger partial charge in [-0.1, -0.05) is 12.1 Å². The maximum Gasteiger partial charge on any atom is 0.258 e. The molecule has 1 aromatic heterocycles. The van der Waals surface area contributed by atoms with E-state index < -0.39 is 0 Å². The van der Waals surface area contributed by atoms with Crippen LogP contribution in [0.2, 0.25) is 0 Å². The molecule has 0 fully saturated rings. The number of aromatic nitrogens is 2. The van der Waals surface area contributed by atoms with Crippen molar-refractivity contribution in [2.75, 3.05) is 13.2 Å². The summed E-state index contributed by atoms with van der Waals surface area (Å²) in [6, 6.07) is 5.33. The highest BCUT2D eigenvalue weighted by Crippen LogP contribution is 2.32. The Labute approximate surface area is 124 Å². The standard InChI is InChI=1S/C15H21N3O3/c1-4-11(16)14-17-15(21-18-14)10-7-8-12(19-5-2)13(9-10)20-6-3/h7-9,11H,4-6,16H2,1-3H3. The summed E-state index contributed by atoms with van der Waals surface area (Å²) in [6.07, 6.45) is 0.756. The van der Waals surface area contributed by atoms with Crippen molar-refractivity contribution < 1.29 is 14.0 Å². The number of rotatable bonds is 7. The van der Waals surface area contributed by atoms with Crippen LogP contribution in [0.1, 0.15) is 39.1 Å². The van der Waals surface area contributed by atoms with E-state index in [4.69, 9.17) is 19.7 Å². The number of nitrogens with zero attached hydrogens (tertiary/aromatic N) is 2. The van der Waals surface area contributed by atoms with Gasteiger partial charge in [-0.15, -0.1) is 0 Å². The number of hydrogen-bond donors (Lipinski definition) is 1. The third-order valence-electron chi connectivity index (χ3n) is 3.00. The van der Waals surface area contributed by atoms with Crippen molar-refractivity contribution in [2.45, 2.75) is 33.2 Å². The summed E-state index contributed by atoms with van der Waals surface area (Å²) in [5.41, 5.74) is 6.68. The van der Waals surface area contributed by atoms with Crippen molar-refractivity contribution in [3.63, 3.8) is 0 Å². The van der Waals surface area contributed by atoms with Crippen LogP contribution in [0.25, 0.3) is 11.5 Å². The molecule has 0 bridgehead atoms. The van der Waals surface area contributed by atoms with E-state index in [9.17, 15) is 0 Å². The molecule has 0 aliphatic carbocycles. The smallest absolute Gasteiger partial charge is 0.258 e. The molecule has 2 N–H and O–H groups in total. The van der Waals surface area contributed by atoms with Gasteiger partial charge >= 0.3 is 0 Å². The van der Waals surface area contributed by atoms with Gasteiger partial charge in [-0.3, -0.25) is 0 Å². The van der Waals surface area contributed by atoms with E-state index in [-0.39, 0.29) is 6.04 Å². The Morgan fingerprint density at radius 3 is 2.52 bits per heavy atom. The van der Waals surface area contributed by atoms with Gasteiger partial charge < -0.3 is 19.7 Å². The van der Waals surface area contributed by atoms with Crippen LogP contribution in [-0.2, 0) is 0 Å². The number of benzene rings is 1. The second-order valence-corrected chi connectivity index (χ2v) is 4.50. The summed E-state index contributed by atoms with van der Waals surface area (Å²) >= 11 is 0. The monoisotopic (exact) mass is 291 g/mol. The van der Waals surface area contributed by atoms with Gasteiger partial charge in [0.1, 0.15) is 0 Å². The van der Waals surface area contributed by atoms with E-state index in [1.165, 1.54) is 0 Å². The zero-order chi connectivity index (χ0) is 15.2. The lowest BCUT2D eigenvalue weighted by atomic mass is 10.2. The zero-order valence-electron chi connectivity index (χ0n) is 12.6. The van der Waals surface area contributed by atoms with Gasteiger partial charge in [-0.25, -0.2) is 0 Å². The summed E-state index contributed by atoms with van der Waals surface area (Å²) in [4.78, 5) is 4.33. The van der Waals surface area contributed by atoms with Crippen LogP contribution < -0.4 is 15.2 Å². The van der Waals surface area contributed by atoms with Crippen LogP contribution in [0.15, 0.2) is 22.7 Å². The van der Waals surface area contributed by atoms with Crippen LogP contribution in [0, 0.1) is 0 Å². The lowest BCUT2D eigenvalue weighted by Crippen LogP contribution is -2.10. The van der Waals surface area contributed by atoms with E-state index >= 15 is 0 Å². The van der Waals surface area contributed by atoms with E-state index in [2.05, 4.69) is 10.1 Å². The molecule has 2 aromatic rings. The van der Waals surface area contributed by atoms with Crippen molar-refractivity contribution in [2.24, 2.45) is 5.73 Å². The highest BCUT2D eigenvalue weighted by atomic mass is 16.5. The molecule has 0 spiro atoms. The Kier molecular flexibility index (Phi) is 5.16. The van der Waals surface area contributed by atoms with E-state index in [0.717, 1.165) is 12.0 Å². The second kappa shape index (κ2) is 7.08. The molecule has 6 heteroatoms. The first kappa shape index (κ1) is 15.3. The highest BCUT2D eigenvalue weighted by Gasteiger charge is 2.15. The predicted octanol–water partition coefficient (Wildman–Crippen LogP) is 2.94. The van der Waals surface area contributed by atoms with E-state index in [0.29, 0.717) is 36.4 Å². The van der Waals surface area contributed by atoms with Crippen molar-refractivity contribution >= 4 is 0 Å². The fraction of sp³-hybridized carbons (Fsp3) is 0.467. The fourth-order valence-corrected chi connectivity index (χ4v) is 1.87. The van der Waals surface area contributed by atoms with Gasteiger partial charge in [-0.05, 0) is 38.5 Å². The number of ether oxygens (including phenoxy) is 2. The fourth-order valence-electron chi connectivity index (χ4n) is 1.87. The third-order valence-corrected chi connectivity index (χ3v) is 3.00. The Morgan fingerprint density at radius 2 is 1.86 bits per heavy atom. The molecule has 114 valence electrons. The van der Waals surface area contributed by atoms with Crippen LogP contribution >= 0.6 is 0 Å². The Balaban J connectivity index is 2.31. The topological polar surface area (TPSA) is 83.4 Å². The summed E-state index contributed by atoms with van der Waals surface area (Å²) in [5.74, 6) is 2.31. The normalized spacial score (nSPS) is 12.2. The molecule has 1 atom stereocenters. The average molecular weight is 291 g/mol. The summed E-state index contributed by atoms with van der Waals surface area (Å²) in [7, 11) is 0. The largest absolute Gasteiger partial charge is 0.490 e. The summed E-state index contributed by atoms with van der Waals surface area (Å²) < 4.78 is 16.4. The Hall–Kier alpha value is -2.08. The summed E-state index contributed by atoms with van der Waals surface area (Å²) in [5, 5.41) is 3.91. The quantitative estimate of drug-likeness (QED) is 0.844. The molecule has 0 saturated carbocycles. The summed E-state index contributed by atoms with van der Waals surface area (Å²) in [6.45, 7) is 6.97. The van der Waals surface area contributed by atoms with Crippen molar-refractivity contribution in [1.82, 2.24) is 10.1 Å². The molecular weight excluding hydrogens is 270 g/mol. The molecule has 1 heterocycles. The van der Waals surface area contributed by atoms with Crippen molar-refractivity contribution in [3.05, 3.63) is 24.0 Å². The number of hydrogen-bond acceptors (Lipinski definition) is 6. The van der Waals surface area contributed by atoms with Gasteiger partial charge in [0, 0.05) is 5.56 Å². The van der Waals surface area contributed by atoms with Crippen LogP contribution in [-0.4, -0.2) is 23.4 Å². The molecule has 2 rings (SSSR count). The first-order chi connectivity index (χ1) is 10.2. The van der Waals surface area contributed by atoms with Gasteiger partial charge in [0.05, 0.1) is 19.3 Å². The molecule has 0 amide bonds. The minimum Gasteiger partial charge on any atom is -0.490 e.